The van der Waals surface area contributed by atoms with Crippen molar-refractivity contribution in [2.24, 2.45) is 0 Å². The molecule has 44 heavy (non-hydrogen) atoms. The minimum absolute atomic E-state index is 0.265. The molecular weight excluding hydrogens is 538 g/mol. The van der Waals surface area contributed by atoms with E-state index in [9.17, 15) is 0 Å². The molecule has 260 valence electrons. The Balaban J connectivity index is 1.86. The van der Waals surface area contributed by atoms with Gasteiger partial charge in [-0.05, 0) is 71.3 Å². The lowest BCUT2D eigenvalue weighted by Gasteiger charge is -2.20. The zero-order chi connectivity index (χ0) is 31.6. The first kappa shape index (κ1) is 41.4. The number of allylic oxidation sites excluding steroid dienone is 4. The summed E-state index contributed by atoms with van der Waals surface area (Å²) in [4.78, 5) is 2.38. The van der Waals surface area contributed by atoms with Gasteiger partial charge in [-0.25, -0.2) is 0 Å². The molecule has 1 rings (SSSR count). The van der Waals surface area contributed by atoms with Crippen molar-refractivity contribution in [3.63, 3.8) is 0 Å². The van der Waals surface area contributed by atoms with Gasteiger partial charge in [0.15, 0.2) is 0 Å². The first-order valence-electron chi connectivity index (χ1n) is 20.0. The number of hydrogen-bond acceptors (Lipinski definition) is 3. The average Bonchev–Trinajstić information content (AvgIpc) is 3.38. The van der Waals surface area contributed by atoms with E-state index < -0.39 is 0 Å². The van der Waals surface area contributed by atoms with E-state index in [1.54, 1.807) is 0 Å². The number of likely N-dealkylation sites (N-methyl/N-ethyl adjacent to an activating group) is 1. The summed E-state index contributed by atoms with van der Waals surface area (Å²) in [7, 11) is 2.20. The van der Waals surface area contributed by atoms with Crippen LogP contribution in [0.3, 0.4) is 0 Å². The van der Waals surface area contributed by atoms with Crippen LogP contribution < -0.4 is 0 Å². The maximum atomic E-state index is 6.31. The Bertz CT molecular complexity index is 566. The second kappa shape index (κ2) is 33.7. The molecule has 1 saturated heterocycles. The number of rotatable bonds is 34. The molecule has 3 nitrogen and oxygen atoms in total. The molecule has 0 aromatic rings. The number of nitrogens with zero attached hydrogens (tertiary/aromatic N) is 1. The third-order valence-corrected chi connectivity index (χ3v) is 9.37. The molecule has 0 unspecified atom stereocenters. The molecule has 1 heterocycles. The van der Waals surface area contributed by atoms with E-state index in [1.807, 2.05) is 0 Å². The first-order chi connectivity index (χ1) is 21.8. The smallest absolute Gasteiger partial charge is 0.0975 e. The second-order valence-electron chi connectivity index (χ2n) is 13.9. The quantitative estimate of drug-likeness (QED) is 0.0529. The molecule has 0 radical (unpaired) electrons. The number of hydrogen-bond donors (Lipinski definition) is 0. The van der Waals surface area contributed by atoms with Crippen molar-refractivity contribution in [3.8, 4) is 0 Å². The predicted molar refractivity (Wildman–Crippen MR) is 196 cm³/mol. The summed E-state index contributed by atoms with van der Waals surface area (Å²) >= 11 is 0. The molecule has 3 heteroatoms. The molecule has 0 saturated carbocycles. The molecule has 0 amide bonds. The summed E-state index contributed by atoms with van der Waals surface area (Å²) in [6, 6.07) is 0. The molecule has 2 atom stereocenters. The highest BCUT2D eigenvalue weighted by Gasteiger charge is 2.32. The summed E-state index contributed by atoms with van der Waals surface area (Å²) < 4.78 is 12.6. The Hall–Kier alpha value is -0.640. The normalized spacial score (nSPS) is 17.6. The highest BCUT2D eigenvalue weighted by molar-refractivity contribution is 4.84. The molecule has 1 aliphatic heterocycles. The van der Waals surface area contributed by atoms with Crippen LogP contribution in [0.5, 0.6) is 0 Å². The van der Waals surface area contributed by atoms with Crippen molar-refractivity contribution in [2.75, 3.05) is 33.4 Å². The standard InChI is InChI=1S/C41H79NO2/c1-4-6-8-10-12-14-16-18-20-22-24-26-28-30-32-34-36-43-40-38-42(3)39-41(40)44-37-35-33-31-29-27-25-23-21-19-17-15-13-11-9-7-5-2/h14-17,40-41H,4-13,18-39H2,1-3H3/b16-14-,17-15-/t40-,41-/m1/s1. The fourth-order valence-corrected chi connectivity index (χ4v) is 6.41. The van der Waals surface area contributed by atoms with Gasteiger partial charge in [0.1, 0.15) is 0 Å². The van der Waals surface area contributed by atoms with Crippen molar-refractivity contribution < 1.29 is 9.47 Å². The van der Waals surface area contributed by atoms with Crippen molar-refractivity contribution in [3.05, 3.63) is 24.3 Å². The van der Waals surface area contributed by atoms with Gasteiger partial charge in [-0.3, -0.25) is 0 Å². The van der Waals surface area contributed by atoms with Gasteiger partial charge in [-0.2, -0.15) is 0 Å². The Labute approximate surface area is 277 Å². The van der Waals surface area contributed by atoms with Gasteiger partial charge >= 0.3 is 0 Å². The van der Waals surface area contributed by atoms with Crippen LogP contribution in [0.1, 0.15) is 194 Å². The number of likely N-dealkylation sites (tertiary alicyclic amines) is 1. The Kier molecular flexibility index (Phi) is 31.7. The largest absolute Gasteiger partial charge is 0.374 e. The highest BCUT2D eigenvalue weighted by atomic mass is 16.5. The van der Waals surface area contributed by atoms with Gasteiger partial charge in [0.25, 0.3) is 0 Å². The molecular formula is C41H79NO2. The van der Waals surface area contributed by atoms with Crippen LogP contribution >= 0.6 is 0 Å². The van der Waals surface area contributed by atoms with Crippen LogP contribution in [-0.2, 0) is 9.47 Å². The molecule has 0 spiro atoms. The van der Waals surface area contributed by atoms with Crippen LogP contribution in [0.4, 0.5) is 0 Å². The topological polar surface area (TPSA) is 21.7 Å². The van der Waals surface area contributed by atoms with Crippen LogP contribution in [0.25, 0.3) is 0 Å². The lowest BCUT2D eigenvalue weighted by molar-refractivity contribution is -0.0481. The van der Waals surface area contributed by atoms with Crippen LogP contribution in [0, 0.1) is 0 Å². The van der Waals surface area contributed by atoms with Gasteiger partial charge in [0.2, 0.25) is 0 Å². The van der Waals surface area contributed by atoms with E-state index in [2.05, 4.69) is 50.1 Å². The van der Waals surface area contributed by atoms with Gasteiger partial charge in [-0.15, -0.1) is 0 Å². The van der Waals surface area contributed by atoms with Crippen LogP contribution in [0.2, 0.25) is 0 Å². The van der Waals surface area contributed by atoms with Gasteiger partial charge in [0.05, 0.1) is 12.2 Å². The third kappa shape index (κ3) is 27.7. The van der Waals surface area contributed by atoms with Crippen molar-refractivity contribution >= 4 is 0 Å². The van der Waals surface area contributed by atoms with E-state index >= 15 is 0 Å². The molecule has 0 N–H and O–H groups in total. The zero-order valence-electron chi connectivity index (χ0n) is 30.4. The minimum atomic E-state index is 0.265. The maximum absolute atomic E-state index is 6.31. The third-order valence-electron chi connectivity index (χ3n) is 9.37. The monoisotopic (exact) mass is 618 g/mol. The zero-order valence-corrected chi connectivity index (χ0v) is 30.4. The second-order valence-corrected chi connectivity index (χ2v) is 13.9. The van der Waals surface area contributed by atoms with E-state index in [0.717, 1.165) is 26.3 Å². The van der Waals surface area contributed by atoms with E-state index in [4.69, 9.17) is 9.47 Å². The van der Waals surface area contributed by atoms with E-state index in [-0.39, 0.29) is 12.2 Å². The average molecular weight is 618 g/mol. The predicted octanol–water partition coefficient (Wildman–Crippen LogP) is 12.8. The highest BCUT2D eigenvalue weighted by Crippen LogP contribution is 2.18. The molecule has 0 bridgehead atoms. The lowest BCUT2D eigenvalue weighted by Crippen LogP contribution is -2.30. The fraction of sp³-hybridized carbons (Fsp3) is 0.902. The number of ether oxygens (including phenoxy) is 2. The fourth-order valence-electron chi connectivity index (χ4n) is 6.41. The SMILES string of the molecule is CCCCCC/C=C\CCCCCCCCCCO[C@@H]1CN(C)C[C@H]1OCCCCCCCCCC/C=C\CCCCCC. The van der Waals surface area contributed by atoms with Crippen molar-refractivity contribution in [1.82, 2.24) is 4.90 Å². The lowest BCUT2D eigenvalue weighted by atomic mass is 10.1. The maximum Gasteiger partial charge on any atom is 0.0975 e. The Morgan fingerprint density at radius 3 is 1.00 bits per heavy atom. The van der Waals surface area contributed by atoms with Crippen LogP contribution in [0.15, 0.2) is 24.3 Å². The molecule has 0 aromatic carbocycles. The number of unbranched alkanes of at least 4 members (excludes halogenated alkanes) is 24. The van der Waals surface area contributed by atoms with E-state index in [0.29, 0.717) is 0 Å². The summed E-state index contributed by atoms with van der Waals surface area (Å²) in [5.41, 5.74) is 0. The van der Waals surface area contributed by atoms with Gasteiger partial charge in [0, 0.05) is 26.3 Å². The van der Waals surface area contributed by atoms with Crippen molar-refractivity contribution in [1.29, 1.82) is 0 Å². The summed E-state index contributed by atoms with van der Waals surface area (Å²) in [6.07, 6.45) is 48.0. The van der Waals surface area contributed by atoms with Crippen LogP contribution in [-0.4, -0.2) is 50.5 Å². The molecule has 0 aromatic heterocycles. The summed E-state index contributed by atoms with van der Waals surface area (Å²) in [5.74, 6) is 0. The summed E-state index contributed by atoms with van der Waals surface area (Å²) in [6.45, 7) is 8.41. The van der Waals surface area contributed by atoms with E-state index in [1.165, 1.54) is 180 Å². The Morgan fingerprint density at radius 2 is 0.682 bits per heavy atom. The first-order valence-corrected chi connectivity index (χ1v) is 20.0. The van der Waals surface area contributed by atoms with Crippen molar-refractivity contribution in [2.45, 2.75) is 206 Å². The van der Waals surface area contributed by atoms with Gasteiger partial charge < -0.3 is 14.4 Å². The molecule has 1 aliphatic rings. The molecule has 0 aliphatic carbocycles. The van der Waals surface area contributed by atoms with Gasteiger partial charge in [-0.1, -0.05) is 154 Å². The minimum Gasteiger partial charge on any atom is -0.374 e. The summed E-state index contributed by atoms with van der Waals surface area (Å²) in [5, 5.41) is 0. The Morgan fingerprint density at radius 1 is 0.409 bits per heavy atom. The molecule has 1 fully saturated rings.